The molecule has 2 aromatic heterocycles. The molecular weight excluding hydrogens is 369 g/mol. The summed E-state index contributed by atoms with van der Waals surface area (Å²) < 4.78 is 5.67. The number of aryl methyl sites for hydroxylation is 1. The molecule has 3 rings (SSSR count). The number of nitrogens with zero attached hydrogens (tertiary/aromatic N) is 1. The Labute approximate surface area is 158 Å². The van der Waals surface area contributed by atoms with E-state index in [0.717, 1.165) is 30.6 Å². The highest BCUT2D eigenvalue weighted by Gasteiger charge is 2.23. The van der Waals surface area contributed by atoms with Crippen LogP contribution in [-0.2, 0) is 11.2 Å². The minimum Gasteiger partial charge on any atom is -0.441 e. The average molecular weight is 392 g/mol. The van der Waals surface area contributed by atoms with Crippen LogP contribution in [0.3, 0.4) is 0 Å². The van der Waals surface area contributed by atoms with Crippen molar-refractivity contribution in [2.75, 3.05) is 6.54 Å². The summed E-state index contributed by atoms with van der Waals surface area (Å²) in [5, 5.41) is 10.5. The summed E-state index contributed by atoms with van der Waals surface area (Å²) in [6, 6.07) is 2.48. The summed E-state index contributed by atoms with van der Waals surface area (Å²) in [5.41, 5.74) is 1.68. The molecule has 0 bridgehead atoms. The molecule has 2 unspecified atom stereocenters. The van der Waals surface area contributed by atoms with Gasteiger partial charge in [-0.3, -0.25) is 4.79 Å². The summed E-state index contributed by atoms with van der Waals surface area (Å²) in [6.45, 7) is 5.00. The van der Waals surface area contributed by atoms with E-state index in [1.807, 2.05) is 23.8 Å². The topological polar surface area (TPSA) is 67.2 Å². The van der Waals surface area contributed by atoms with Gasteiger partial charge in [0, 0.05) is 23.0 Å². The Morgan fingerprint density at radius 3 is 2.96 bits per heavy atom. The standard InChI is InChI=1S/C16H21N3O2S.2ClH/c1-10-13(4-3-6-17-10)18-15(20)8-14-11(2)21-16(19-14)12-5-7-22-9-12;;/h5,7,9-10,13,17H,3-4,6,8H2,1-2H3,(H,18,20);2*1H. The van der Waals surface area contributed by atoms with Gasteiger partial charge in [0.1, 0.15) is 5.76 Å². The first-order valence-corrected chi connectivity index (χ1v) is 8.59. The Morgan fingerprint density at radius 2 is 2.29 bits per heavy atom. The molecule has 24 heavy (non-hydrogen) atoms. The Morgan fingerprint density at radius 1 is 1.50 bits per heavy atom. The number of aromatic nitrogens is 1. The van der Waals surface area contributed by atoms with E-state index in [2.05, 4.69) is 22.5 Å². The van der Waals surface area contributed by atoms with Gasteiger partial charge in [0.15, 0.2) is 0 Å². The molecule has 0 saturated carbocycles. The van der Waals surface area contributed by atoms with Gasteiger partial charge in [-0.05, 0) is 44.7 Å². The van der Waals surface area contributed by atoms with Crippen LogP contribution >= 0.6 is 36.2 Å². The van der Waals surface area contributed by atoms with Crippen molar-refractivity contribution in [2.45, 2.75) is 45.2 Å². The van der Waals surface area contributed by atoms with Crippen LogP contribution in [0.2, 0.25) is 0 Å². The van der Waals surface area contributed by atoms with Crippen LogP contribution in [0.5, 0.6) is 0 Å². The summed E-state index contributed by atoms with van der Waals surface area (Å²) >= 11 is 1.60. The van der Waals surface area contributed by atoms with E-state index in [9.17, 15) is 4.79 Å². The molecule has 1 amide bonds. The minimum absolute atomic E-state index is 0. The van der Waals surface area contributed by atoms with Crippen molar-refractivity contribution in [2.24, 2.45) is 0 Å². The Balaban J connectivity index is 0.00000144. The smallest absolute Gasteiger partial charge is 0.227 e. The van der Waals surface area contributed by atoms with Crippen LogP contribution in [0.25, 0.3) is 11.5 Å². The van der Waals surface area contributed by atoms with E-state index in [1.54, 1.807) is 11.3 Å². The minimum atomic E-state index is 0. The highest BCUT2D eigenvalue weighted by Crippen LogP contribution is 2.24. The number of hydrogen-bond donors (Lipinski definition) is 2. The zero-order valence-electron chi connectivity index (χ0n) is 13.7. The monoisotopic (exact) mass is 391 g/mol. The van der Waals surface area contributed by atoms with Gasteiger partial charge in [-0.15, -0.1) is 24.8 Å². The van der Waals surface area contributed by atoms with Crippen molar-refractivity contribution in [3.8, 4) is 11.5 Å². The van der Waals surface area contributed by atoms with Crippen LogP contribution in [0, 0.1) is 6.92 Å². The molecule has 2 aromatic rings. The maximum Gasteiger partial charge on any atom is 0.227 e. The first-order chi connectivity index (χ1) is 10.6. The lowest BCUT2D eigenvalue weighted by atomic mass is 9.99. The maximum atomic E-state index is 12.3. The van der Waals surface area contributed by atoms with Crippen molar-refractivity contribution in [3.63, 3.8) is 0 Å². The van der Waals surface area contributed by atoms with Crippen LogP contribution in [0.1, 0.15) is 31.2 Å². The SMILES string of the molecule is Cc1oc(-c2ccsc2)nc1CC(=O)NC1CCCNC1C.Cl.Cl. The number of carbonyl (C=O) groups excluding carboxylic acids is 1. The predicted molar refractivity (Wildman–Crippen MR) is 101 cm³/mol. The van der Waals surface area contributed by atoms with Crippen LogP contribution in [-0.4, -0.2) is 29.5 Å². The second kappa shape index (κ2) is 9.42. The lowest BCUT2D eigenvalue weighted by molar-refractivity contribution is -0.121. The van der Waals surface area contributed by atoms with Gasteiger partial charge in [0.2, 0.25) is 11.8 Å². The highest BCUT2D eigenvalue weighted by molar-refractivity contribution is 7.08. The van der Waals surface area contributed by atoms with E-state index >= 15 is 0 Å². The molecule has 2 atom stereocenters. The lowest BCUT2D eigenvalue weighted by Crippen LogP contribution is -2.52. The largest absolute Gasteiger partial charge is 0.441 e. The van der Waals surface area contributed by atoms with Crippen LogP contribution < -0.4 is 10.6 Å². The van der Waals surface area contributed by atoms with Gasteiger partial charge in [-0.1, -0.05) is 0 Å². The van der Waals surface area contributed by atoms with Crippen LogP contribution in [0.4, 0.5) is 0 Å². The van der Waals surface area contributed by atoms with Gasteiger partial charge in [0.25, 0.3) is 0 Å². The molecule has 1 aliphatic heterocycles. The van der Waals surface area contributed by atoms with Crippen molar-refractivity contribution < 1.29 is 9.21 Å². The Hall–Kier alpha value is -1.08. The molecule has 5 nitrogen and oxygen atoms in total. The molecule has 3 heterocycles. The molecule has 1 aliphatic rings. The zero-order chi connectivity index (χ0) is 15.5. The van der Waals surface area contributed by atoms with E-state index in [0.29, 0.717) is 17.7 Å². The fraction of sp³-hybridized carbons (Fsp3) is 0.500. The Kier molecular flexibility index (Phi) is 8.22. The molecule has 134 valence electrons. The van der Waals surface area contributed by atoms with E-state index in [1.165, 1.54) is 0 Å². The zero-order valence-corrected chi connectivity index (χ0v) is 16.2. The summed E-state index contributed by atoms with van der Waals surface area (Å²) in [7, 11) is 0. The quantitative estimate of drug-likeness (QED) is 0.838. The Bertz CT molecular complexity index is 646. The molecular formula is C16H23Cl2N3O2S. The second-order valence-corrected chi connectivity index (χ2v) is 6.55. The van der Waals surface area contributed by atoms with E-state index in [-0.39, 0.29) is 43.2 Å². The molecule has 0 aliphatic carbocycles. The van der Waals surface area contributed by atoms with Crippen molar-refractivity contribution in [3.05, 3.63) is 28.3 Å². The summed E-state index contributed by atoms with van der Waals surface area (Å²) in [5.74, 6) is 1.31. The number of amides is 1. The number of rotatable bonds is 4. The first-order valence-electron chi connectivity index (χ1n) is 7.65. The fourth-order valence-corrected chi connectivity index (χ4v) is 3.38. The van der Waals surface area contributed by atoms with Crippen LogP contribution in [0.15, 0.2) is 21.2 Å². The molecule has 2 N–H and O–H groups in total. The molecule has 1 saturated heterocycles. The van der Waals surface area contributed by atoms with Gasteiger partial charge in [-0.25, -0.2) is 4.98 Å². The number of piperidine rings is 1. The van der Waals surface area contributed by atoms with E-state index in [4.69, 9.17) is 4.42 Å². The maximum absolute atomic E-state index is 12.3. The third kappa shape index (κ3) is 4.96. The van der Waals surface area contributed by atoms with E-state index < -0.39 is 0 Å². The number of halogens is 2. The first kappa shape index (κ1) is 21.0. The van der Waals surface area contributed by atoms with Gasteiger partial charge in [0.05, 0.1) is 12.1 Å². The van der Waals surface area contributed by atoms with Crippen molar-refractivity contribution in [1.29, 1.82) is 0 Å². The lowest BCUT2D eigenvalue weighted by Gasteiger charge is -2.30. The number of thiophene rings is 1. The predicted octanol–water partition coefficient (Wildman–Crippen LogP) is 3.35. The third-order valence-corrected chi connectivity index (χ3v) is 4.78. The second-order valence-electron chi connectivity index (χ2n) is 5.77. The van der Waals surface area contributed by atoms with Gasteiger partial charge >= 0.3 is 0 Å². The third-order valence-electron chi connectivity index (χ3n) is 4.10. The van der Waals surface area contributed by atoms with Crippen molar-refractivity contribution in [1.82, 2.24) is 15.6 Å². The van der Waals surface area contributed by atoms with Gasteiger partial charge < -0.3 is 15.1 Å². The molecule has 1 fully saturated rings. The molecule has 0 spiro atoms. The average Bonchev–Trinajstić information content (AvgIpc) is 3.12. The highest BCUT2D eigenvalue weighted by atomic mass is 35.5. The van der Waals surface area contributed by atoms with Gasteiger partial charge in [-0.2, -0.15) is 11.3 Å². The molecule has 8 heteroatoms. The number of oxazole rings is 1. The summed E-state index contributed by atoms with van der Waals surface area (Å²) in [6.07, 6.45) is 2.39. The number of nitrogens with one attached hydrogen (secondary N) is 2. The normalized spacial score (nSPS) is 19.9. The summed E-state index contributed by atoms with van der Waals surface area (Å²) in [4.78, 5) is 16.7. The molecule has 0 aromatic carbocycles. The van der Waals surface area contributed by atoms with Crippen molar-refractivity contribution >= 4 is 42.1 Å². The fourth-order valence-electron chi connectivity index (χ4n) is 2.75. The number of hydrogen-bond acceptors (Lipinski definition) is 5. The number of carbonyl (C=O) groups is 1. The molecule has 0 radical (unpaired) electrons.